The lowest BCUT2D eigenvalue weighted by atomic mass is 10.1. The van der Waals surface area contributed by atoms with Gasteiger partial charge in [0.05, 0.1) is 35.3 Å². The number of hydrogen-bond donors (Lipinski definition) is 1. The third-order valence-corrected chi connectivity index (χ3v) is 7.18. The van der Waals surface area contributed by atoms with E-state index in [9.17, 15) is 22.8 Å². The molecule has 1 heterocycles. The van der Waals surface area contributed by atoms with Crippen LogP contribution in [0.3, 0.4) is 0 Å². The quantitative estimate of drug-likeness (QED) is 0.208. The van der Waals surface area contributed by atoms with Gasteiger partial charge in [0.15, 0.2) is 0 Å². The second kappa shape index (κ2) is 12.4. The van der Waals surface area contributed by atoms with Crippen LogP contribution in [-0.2, 0) is 12.6 Å². The van der Waals surface area contributed by atoms with Gasteiger partial charge in [0.2, 0.25) is 0 Å². The second-order valence-corrected chi connectivity index (χ2v) is 9.91. The van der Waals surface area contributed by atoms with Gasteiger partial charge >= 0.3 is 12.2 Å². The molecule has 0 aliphatic rings. The minimum Gasteiger partial charge on any atom is -0.495 e. The lowest BCUT2D eigenvalue weighted by molar-refractivity contribution is -0.137. The summed E-state index contributed by atoms with van der Waals surface area (Å²) in [7, 11) is 1.51. The van der Waals surface area contributed by atoms with Crippen molar-refractivity contribution in [2.75, 3.05) is 19.0 Å². The maximum absolute atomic E-state index is 14.0. The number of para-hydroxylation sites is 3. The molecule has 10 heteroatoms. The summed E-state index contributed by atoms with van der Waals surface area (Å²) in [6.07, 6.45) is -4.01. The first-order valence-electron chi connectivity index (χ1n) is 13.6. The van der Waals surface area contributed by atoms with Crippen molar-refractivity contribution in [2.45, 2.75) is 25.6 Å². The van der Waals surface area contributed by atoms with Crippen LogP contribution in [-0.4, -0.2) is 34.1 Å². The Kier molecular flexibility index (Phi) is 8.47. The van der Waals surface area contributed by atoms with E-state index < -0.39 is 23.8 Å². The summed E-state index contributed by atoms with van der Waals surface area (Å²) in [6, 6.07) is 26.5. The normalized spacial score (nSPS) is 12.1. The van der Waals surface area contributed by atoms with Gasteiger partial charge in [-0.25, -0.2) is 9.78 Å². The first-order valence-corrected chi connectivity index (χ1v) is 13.6. The van der Waals surface area contributed by atoms with Crippen LogP contribution in [0, 0.1) is 0 Å². The molecule has 7 nitrogen and oxygen atoms in total. The molecule has 0 aliphatic heterocycles. The molecular formula is C33H29F3N4O3. The number of anilines is 1. The maximum atomic E-state index is 14.0. The number of aromatic nitrogens is 2. The van der Waals surface area contributed by atoms with Crippen LogP contribution >= 0.6 is 0 Å². The average Bonchev–Trinajstić information content (AvgIpc) is 3.01. The van der Waals surface area contributed by atoms with Crippen LogP contribution in [0.15, 0.2) is 108 Å². The van der Waals surface area contributed by atoms with Crippen LogP contribution in [0.5, 0.6) is 5.75 Å². The number of nitrogens with one attached hydrogen (secondary N) is 1. The van der Waals surface area contributed by atoms with Gasteiger partial charge in [-0.1, -0.05) is 54.6 Å². The largest absolute Gasteiger partial charge is 0.495 e. The molecule has 43 heavy (non-hydrogen) atoms. The highest BCUT2D eigenvalue weighted by molar-refractivity contribution is 5.89. The third-order valence-electron chi connectivity index (χ3n) is 7.18. The van der Waals surface area contributed by atoms with E-state index in [0.717, 1.165) is 17.7 Å². The lowest BCUT2D eigenvalue weighted by Crippen LogP contribution is -2.41. The summed E-state index contributed by atoms with van der Waals surface area (Å²) in [4.78, 5) is 34.1. The number of urea groups is 1. The Bertz CT molecular complexity index is 1790. The number of halogens is 3. The van der Waals surface area contributed by atoms with Crippen molar-refractivity contribution in [1.82, 2.24) is 14.5 Å². The molecule has 220 valence electrons. The molecule has 0 spiro atoms. The Labute approximate surface area is 246 Å². The minimum absolute atomic E-state index is 0.198. The van der Waals surface area contributed by atoms with Gasteiger partial charge in [-0.05, 0) is 67.4 Å². The fourth-order valence-corrected chi connectivity index (χ4v) is 4.92. The molecule has 0 aliphatic carbocycles. The number of carbonyl (C=O) groups is 1. The van der Waals surface area contributed by atoms with Crippen LogP contribution < -0.4 is 15.6 Å². The average molecular weight is 587 g/mol. The predicted molar refractivity (Wildman–Crippen MR) is 160 cm³/mol. The predicted octanol–water partition coefficient (Wildman–Crippen LogP) is 7.25. The van der Waals surface area contributed by atoms with Gasteiger partial charge in [-0.3, -0.25) is 9.36 Å². The molecule has 0 bridgehead atoms. The number of rotatable bonds is 8. The molecule has 5 aromatic rings. The van der Waals surface area contributed by atoms with Gasteiger partial charge in [-0.15, -0.1) is 0 Å². The lowest BCUT2D eigenvalue weighted by Gasteiger charge is -2.31. The number of carbonyl (C=O) groups excluding carboxylic acids is 1. The van der Waals surface area contributed by atoms with Crippen LogP contribution in [0.4, 0.5) is 23.7 Å². The third kappa shape index (κ3) is 6.38. The van der Waals surface area contributed by atoms with Gasteiger partial charge in [-0.2, -0.15) is 13.2 Å². The van der Waals surface area contributed by atoms with Crippen molar-refractivity contribution < 1.29 is 22.7 Å². The molecule has 1 aromatic heterocycles. The summed E-state index contributed by atoms with van der Waals surface area (Å²) in [5.74, 6) is 0.740. The Hall–Kier alpha value is -5.12. The van der Waals surface area contributed by atoms with Crippen LogP contribution in [0.25, 0.3) is 16.6 Å². The second-order valence-electron chi connectivity index (χ2n) is 9.91. The zero-order valence-corrected chi connectivity index (χ0v) is 23.5. The molecule has 1 atom stereocenters. The number of methoxy groups -OCH3 is 1. The van der Waals surface area contributed by atoms with Crippen LogP contribution in [0.1, 0.15) is 29.9 Å². The zero-order chi connectivity index (χ0) is 30.6. The molecule has 0 saturated heterocycles. The molecule has 1 unspecified atom stereocenters. The van der Waals surface area contributed by atoms with E-state index in [0.29, 0.717) is 34.6 Å². The molecular weight excluding hydrogens is 557 g/mol. The zero-order valence-electron chi connectivity index (χ0n) is 23.5. The standard InChI is InChI=1S/C33H29F3N4O3/c1-22(30-38-27-13-7-6-12-26(27)31(41)40(30)28-14-8-9-15-29(28)43-2)39(21-20-23-10-4-3-5-11-23)32(42)37-25-18-16-24(17-19-25)33(34,35)36/h3-19,22H,20-21H2,1-2H3,(H,37,42). The van der Waals surface area contributed by atoms with Crippen molar-refractivity contribution in [2.24, 2.45) is 0 Å². The Morgan fingerprint density at radius 1 is 0.930 bits per heavy atom. The molecule has 0 saturated carbocycles. The SMILES string of the molecule is COc1ccccc1-n1c(C(C)N(CCc2ccccc2)C(=O)Nc2ccc(C(F)(F)F)cc2)nc2ccccc2c1=O. The van der Waals surface area contributed by atoms with E-state index in [1.807, 2.05) is 30.3 Å². The summed E-state index contributed by atoms with van der Waals surface area (Å²) in [5.41, 5.74) is 0.955. The molecule has 1 N–H and O–H groups in total. The number of nitrogens with zero attached hydrogens (tertiary/aromatic N) is 3. The van der Waals surface area contributed by atoms with Gasteiger partial charge in [0.1, 0.15) is 11.6 Å². The highest BCUT2D eigenvalue weighted by atomic mass is 19.4. The monoisotopic (exact) mass is 586 g/mol. The number of ether oxygens (including phenoxy) is 1. The Balaban J connectivity index is 1.59. The molecule has 4 aromatic carbocycles. The number of hydrogen-bond acceptors (Lipinski definition) is 4. The Morgan fingerprint density at radius 3 is 2.28 bits per heavy atom. The fraction of sp³-hybridized carbons (Fsp3) is 0.182. The van der Waals surface area contributed by atoms with E-state index in [1.54, 1.807) is 55.5 Å². The first-order chi connectivity index (χ1) is 20.7. The van der Waals surface area contributed by atoms with Crippen molar-refractivity contribution in [1.29, 1.82) is 0 Å². The Morgan fingerprint density at radius 2 is 1.58 bits per heavy atom. The number of fused-ring (bicyclic) bond motifs is 1. The summed E-state index contributed by atoms with van der Waals surface area (Å²) in [5, 5.41) is 3.12. The number of alkyl halides is 3. The molecule has 5 rings (SSSR count). The molecule has 0 fully saturated rings. The van der Waals surface area contributed by atoms with E-state index in [4.69, 9.17) is 9.72 Å². The topological polar surface area (TPSA) is 76.5 Å². The first kappa shape index (κ1) is 29.4. The van der Waals surface area contributed by atoms with E-state index in [1.165, 1.54) is 28.7 Å². The van der Waals surface area contributed by atoms with E-state index in [2.05, 4.69) is 5.32 Å². The summed E-state index contributed by atoms with van der Waals surface area (Å²) in [6.45, 7) is 1.99. The highest BCUT2D eigenvalue weighted by Crippen LogP contribution is 2.31. The highest BCUT2D eigenvalue weighted by Gasteiger charge is 2.31. The fourth-order valence-electron chi connectivity index (χ4n) is 4.92. The van der Waals surface area contributed by atoms with Crippen molar-refractivity contribution in [3.63, 3.8) is 0 Å². The maximum Gasteiger partial charge on any atom is 0.416 e. The van der Waals surface area contributed by atoms with Crippen molar-refractivity contribution in [3.05, 3.63) is 130 Å². The number of benzene rings is 4. The smallest absolute Gasteiger partial charge is 0.416 e. The van der Waals surface area contributed by atoms with Crippen molar-refractivity contribution >= 4 is 22.6 Å². The van der Waals surface area contributed by atoms with Gasteiger partial charge in [0.25, 0.3) is 5.56 Å². The van der Waals surface area contributed by atoms with Crippen molar-refractivity contribution in [3.8, 4) is 11.4 Å². The minimum atomic E-state index is -4.50. The van der Waals surface area contributed by atoms with Gasteiger partial charge < -0.3 is 15.0 Å². The molecule has 0 radical (unpaired) electrons. The van der Waals surface area contributed by atoms with E-state index in [-0.39, 0.29) is 17.8 Å². The number of amides is 2. The van der Waals surface area contributed by atoms with Crippen LogP contribution in [0.2, 0.25) is 0 Å². The molecule has 2 amide bonds. The summed E-state index contributed by atoms with van der Waals surface area (Å²) < 4.78 is 46.3. The summed E-state index contributed by atoms with van der Waals surface area (Å²) >= 11 is 0. The van der Waals surface area contributed by atoms with Gasteiger partial charge in [0, 0.05) is 12.2 Å². The van der Waals surface area contributed by atoms with E-state index >= 15 is 0 Å².